The van der Waals surface area contributed by atoms with Crippen molar-refractivity contribution in [2.75, 3.05) is 0 Å². The van der Waals surface area contributed by atoms with Gasteiger partial charge in [0.1, 0.15) is 5.82 Å². The van der Waals surface area contributed by atoms with E-state index in [2.05, 4.69) is 25.7 Å². The van der Waals surface area contributed by atoms with Crippen LogP contribution in [0.4, 0.5) is 0 Å². The summed E-state index contributed by atoms with van der Waals surface area (Å²) in [5.74, 6) is 2.23. The predicted octanol–water partition coefficient (Wildman–Crippen LogP) is 1.72. The highest BCUT2D eigenvalue weighted by Crippen LogP contribution is 2.38. The molecule has 0 bridgehead atoms. The number of pyridine rings is 1. The van der Waals surface area contributed by atoms with E-state index < -0.39 is 0 Å². The normalized spacial score (nSPS) is 14.5. The highest BCUT2D eigenvalue weighted by atomic mass is 16.5. The van der Waals surface area contributed by atoms with Crippen LogP contribution >= 0.6 is 0 Å². The van der Waals surface area contributed by atoms with Gasteiger partial charge in [0.2, 0.25) is 5.91 Å². The molecule has 0 atom stereocenters. The van der Waals surface area contributed by atoms with E-state index in [9.17, 15) is 4.79 Å². The molecule has 8 nitrogen and oxygen atoms in total. The molecule has 0 radical (unpaired) electrons. The van der Waals surface area contributed by atoms with Crippen LogP contribution in [0, 0.1) is 0 Å². The summed E-state index contributed by atoms with van der Waals surface area (Å²) in [6.07, 6.45) is 4.27. The number of nitrogens with zero attached hydrogens (tertiary/aromatic N) is 5. The zero-order valence-corrected chi connectivity index (χ0v) is 13.6. The van der Waals surface area contributed by atoms with Crippen molar-refractivity contribution in [3.8, 4) is 11.5 Å². The van der Waals surface area contributed by atoms with Crippen LogP contribution in [0.5, 0.6) is 0 Å². The van der Waals surface area contributed by atoms with Crippen molar-refractivity contribution in [2.45, 2.75) is 45.1 Å². The summed E-state index contributed by atoms with van der Waals surface area (Å²) in [5.41, 5.74) is 1.44. The fourth-order valence-corrected chi connectivity index (χ4v) is 2.57. The number of rotatable bonds is 5. The van der Waals surface area contributed by atoms with Gasteiger partial charge in [-0.3, -0.25) is 9.20 Å². The van der Waals surface area contributed by atoms with Crippen molar-refractivity contribution in [3.05, 3.63) is 30.0 Å². The lowest BCUT2D eigenvalue weighted by Gasteiger charge is -2.07. The molecular formula is C16H18N6O2. The predicted molar refractivity (Wildman–Crippen MR) is 85.2 cm³/mol. The van der Waals surface area contributed by atoms with E-state index >= 15 is 0 Å². The van der Waals surface area contributed by atoms with Gasteiger partial charge in [-0.15, -0.1) is 10.2 Å². The van der Waals surface area contributed by atoms with Crippen LogP contribution in [0.25, 0.3) is 17.1 Å². The van der Waals surface area contributed by atoms with Crippen molar-refractivity contribution in [2.24, 2.45) is 0 Å². The third-order valence-electron chi connectivity index (χ3n) is 3.88. The summed E-state index contributed by atoms with van der Waals surface area (Å²) >= 11 is 0. The molecule has 1 saturated carbocycles. The molecule has 0 aliphatic heterocycles. The first-order valence-electron chi connectivity index (χ1n) is 8.07. The molecule has 3 heterocycles. The van der Waals surface area contributed by atoms with E-state index in [4.69, 9.17) is 4.52 Å². The average Bonchev–Trinajstić information content (AvgIpc) is 3.14. The Morgan fingerprint density at radius 1 is 1.42 bits per heavy atom. The maximum Gasteiger partial charge on any atom is 0.258 e. The van der Waals surface area contributed by atoms with Gasteiger partial charge in [-0.25, -0.2) is 0 Å². The first kappa shape index (κ1) is 14.8. The van der Waals surface area contributed by atoms with E-state index in [0.717, 1.165) is 24.2 Å². The van der Waals surface area contributed by atoms with Crippen LogP contribution in [0.1, 0.15) is 44.3 Å². The molecule has 0 spiro atoms. The van der Waals surface area contributed by atoms with Gasteiger partial charge in [0.25, 0.3) is 5.89 Å². The number of fused-ring (bicyclic) bond motifs is 1. The maximum absolute atomic E-state index is 11.9. The molecule has 8 heteroatoms. The lowest BCUT2D eigenvalue weighted by molar-refractivity contribution is -0.121. The number of carbonyl (C=O) groups excluding carboxylic acids is 1. The number of hydrogen-bond acceptors (Lipinski definition) is 6. The van der Waals surface area contributed by atoms with Crippen molar-refractivity contribution < 1.29 is 9.32 Å². The zero-order chi connectivity index (χ0) is 16.7. The molecule has 0 unspecified atom stereocenters. The highest BCUT2D eigenvalue weighted by Gasteiger charge is 2.29. The maximum atomic E-state index is 11.9. The van der Waals surface area contributed by atoms with Gasteiger partial charge in [0.15, 0.2) is 11.5 Å². The van der Waals surface area contributed by atoms with Crippen molar-refractivity contribution >= 4 is 11.6 Å². The van der Waals surface area contributed by atoms with Crippen LogP contribution in [0.3, 0.4) is 0 Å². The third-order valence-corrected chi connectivity index (χ3v) is 3.88. The summed E-state index contributed by atoms with van der Waals surface area (Å²) in [4.78, 5) is 16.3. The number of amides is 1. The summed E-state index contributed by atoms with van der Waals surface area (Å²) in [5, 5.41) is 15.1. The van der Waals surface area contributed by atoms with Crippen LogP contribution < -0.4 is 5.32 Å². The van der Waals surface area contributed by atoms with Crippen LogP contribution in [0.15, 0.2) is 22.9 Å². The van der Waals surface area contributed by atoms with E-state index in [0.29, 0.717) is 23.3 Å². The molecule has 4 rings (SSSR count). The number of aromatic nitrogens is 5. The third kappa shape index (κ3) is 2.86. The molecule has 1 N–H and O–H groups in total. The Morgan fingerprint density at radius 2 is 2.25 bits per heavy atom. The van der Waals surface area contributed by atoms with Crippen molar-refractivity contribution in [3.63, 3.8) is 0 Å². The van der Waals surface area contributed by atoms with Crippen LogP contribution in [0.2, 0.25) is 0 Å². The summed E-state index contributed by atoms with van der Waals surface area (Å²) in [7, 11) is 0. The number of carbonyl (C=O) groups is 1. The van der Waals surface area contributed by atoms with Gasteiger partial charge in [0.05, 0.1) is 6.42 Å². The molecule has 3 aromatic rings. The minimum Gasteiger partial charge on any atom is -0.354 e. The van der Waals surface area contributed by atoms with E-state index in [1.807, 2.05) is 32.2 Å². The Balaban J connectivity index is 1.58. The molecule has 0 aromatic carbocycles. The molecule has 124 valence electrons. The molecule has 1 aliphatic rings. The SMILES string of the molecule is CC(C)NC(=O)Cc1nnc2cc(-c3nc(C4CC4)no3)ccn12. The lowest BCUT2D eigenvalue weighted by Crippen LogP contribution is -2.31. The molecular weight excluding hydrogens is 308 g/mol. The molecule has 1 amide bonds. The Bertz CT molecular complexity index is 893. The summed E-state index contributed by atoms with van der Waals surface area (Å²) in [6.45, 7) is 3.85. The van der Waals surface area contributed by atoms with Gasteiger partial charge in [-0.05, 0) is 38.8 Å². The van der Waals surface area contributed by atoms with Crippen molar-refractivity contribution in [1.82, 2.24) is 30.1 Å². The molecule has 1 fully saturated rings. The largest absolute Gasteiger partial charge is 0.354 e. The highest BCUT2D eigenvalue weighted by molar-refractivity contribution is 5.78. The van der Waals surface area contributed by atoms with Gasteiger partial charge in [-0.1, -0.05) is 5.16 Å². The van der Waals surface area contributed by atoms with Gasteiger partial charge < -0.3 is 9.84 Å². The lowest BCUT2D eigenvalue weighted by atomic mass is 10.2. The molecule has 0 saturated heterocycles. The Kier molecular flexibility index (Phi) is 3.51. The van der Waals surface area contributed by atoms with E-state index in [1.165, 1.54) is 0 Å². The summed E-state index contributed by atoms with van der Waals surface area (Å²) < 4.78 is 7.13. The standard InChI is InChI=1S/C16H18N6O2/c1-9(2)17-14(23)8-13-20-19-12-7-11(5-6-22(12)13)16-18-15(21-24-16)10-3-4-10/h5-7,9-10H,3-4,8H2,1-2H3,(H,17,23). The van der Waals surface area contributed by atoms with E-state index in [1.54, 1.807) is 4.40 Å². The summed E-state index contributed by atoms with van der Waals surface area (Å²) in [6, 6.07) is 3.80. The van der Waals surface area contributed by atoms with Gasteiger partial charge in [-0.2, -0.15) is 4.98 Å². The fourth-order valence-electron chi connectivity index (χ4n) is 2.57. The first-order chi connectivity index (χ1) is 11.6. The Hall–Kier alpha value is -2.77. The minimum atomic E-state index is -0.0747. The smallest absolute Gasteiger partial charge is 0.258 e. The molecule has 24 heavy (non-hydrogen) atoms. The number of nitrogens with one attached hydrogen (secondary N) is 1. The fraction of sp³-hybridized carbons (Fsp3) is 0.438. The topological polar surface area (TPSA) is 98.2 Å². The van der Waals surface area contributed by atoms with Crippen LogP contribution in [-0.2, 0) is 11.2 Å². The van der Waals surface area contributed by atoms with E-state index in [-0.39, 0.29) is 18.4 Å². The van der Waals surface area contributed by atoms with Crippen LogP contribution in [-0.4, -0.2) is 36.7 Å². The van der Waals surface area contributed by atoms with Gasteiger partial charge >= 0.3 is 0 Å². The first-order valence-corrected chi connectivity index (χ1v) is 8.07. The second-order valence-corrected chi connectivity index (χ2v) is 6.39. The quantitative estimate of drug-likeness (QED) is 0.766. The molecule has 1 aliphatic carbocycles. The van der Waals surface area contributed by atoms with Crippen molar-refractivity contribution in [1.29, 1.82) is 0 Å². The second kappa shape index (κ2) is 5.70. The minimum absolute atomic E-state index is 0.0747. The Labute approximate surface area is 138 Å². The zero-order valence-electron chi connectivity index (χ0n) is 13.6. The average molecular weight is 326 g/mol. The Morgan fingerprint density at radius 3 is 3.00 bits per heavy atom. The number of hydrogen-bond donors (Lipinski definition) is 1. The van der Waals surface area contributed by atoms with Gasteiger partial charge in [0, 0.05) is 23.7 Å². The molecule has 3 aromatic heterocycles. The second-order valence-electron chi connectivity index (χ2n) is 6.39. The monoisotopic (exact) mass is 326 g/mol.